The number of carbonyl (C=O) groups excluding carboxylic acids is 1. The summed E-state index contributed by atoms with van der Waals surface area (Å²) in [6.07, 6.45) is 0. The maximum atomic E-state index is 13.2. The van der Waals surface area contributed by atoms with Gasteiger partial charge in [0.1, 0.15) is 5.82 Å². The van der Waals surface area contributed by atoms with E-state index in [9.17, 15) is 14.0 Å². The molecule has 1 saturated heterocycles. The first-order valence-electron chi connectivity index (χ1n) is 6.37. The van der Waals surface area contributed by atoms with E-state index in [1.54, 1.807) is 13.0 Å². The molecule has 1 aromatic carbocycles. The molecule has 6 heteroatoms. The highest BCUT2D eigenvalue weighted by Gasteiger charge is 2.35. The molecule has 1 heterocycles. The number of hydrogen-bond acceptors (Lipinski definition) is 3. The second-order valence-corrected chi connectivity index (χ2v) is 4.74. The predicted molar refractivity (Wildman–Crippen MR) is 68.8 cm³/mol. The molecule has 1 fully saturated rings. The van der Waals surface area contributed by atoms with Gasteiger partial charge in [0.05, 0.1) is 19.1 Å². The van der Waals surface area contributed by atoms with Crippen LogP contribution in [0.4, 0.5) is 4.39 Å². The van der Waals surface area contributed by atoms with Crippen LogP contribution >= 0.6 is 0 Å². The van der Waals surface area contributed by atoms with Crippen LogP contribution in [0.25, 0.3) is 0 Å². The first-order chi connectivity index (χ1) is 9.50. The van der Waals surface area contributed by atoms with Gasteiger partial charge >= 0.3 is 5.97 Å². The fourth-order valence-corrected chi connectivity index (χ4v) is 2.24. The van der Waals surface area contributed by atoms with Gasteiger partial charge in [-0.25, -0.2) is 9.18 Å². The standard InChI is InChI=1S/C14H16FNO4/c1-9(10-3-2-4-11(15)7-10)13(17)16-5-6-20-8-12(16)14(18)19/h2-4,7,9,12H,5-6,8H2,1H3,(H,18,19)/t9-,12+/m0/s1. The van der Waals surface area contributed by atoms with Crippen molar-refractivity contribution in [2.24, 2.45) is 0 Å². The highest BCUT2D eigenvalue weighted by molar-refractivity contribution is 5.88. The van der Waals surface area contributed by atoms with Gasteiger partial charge in [-0.15, -0.1) is 0 Å². The Hall–Kier alpha value is -1.95. The van der Waals surface area contributed by atoms with Gasteiger partial charge in [0, 0.05) is 6.54 Å². The van der Waals surface area contributed by atoms with Crippen LogP contribution in [-0.4, -0.2) is 47.7 Å². The maximum Gasteiger partial charge on any atom is 0.328 e. The summed E-state index contributed by atoms with van der Waals surface area (Å²) in [6, 6.07) is 4.80. The molecule has 0 aromatic heterocycles. The molecule has 108 valence electrons. The zero-order valence-electron chi connectivity index (χ0n) is 11.1. The number of ether oxygens (including phenoxy) is 1. The van der Waals surface area contributed by atoms with Crippen molar-refractivity contribution in [2.75, 3.05) is 19.8 Å². The zero-order chi connectivity index (χ0) is 14.7. The van der Waals surface area contributed by atoms with Crippen molar-refractivity contribution in [3.63, 3.8) is 0 Å². The summed E-state index contributed by atoms with van der Waals surface area (Å²) in [5.41, 5.74) is 0.533. The van der Waals surface area contributed by atoms with Crippen molar-refractivity contribution in [1.29, 1.82) is 0 Å². The number of halogens is 1. The van der Waals surface area contributed by atoms with E-state index in [1.165, 1.54) is 23.1 Å². The molecule has 1 amide bonds. The number of carbonyl (C=O) groups is 2. The highest BCUT2D eigenvalue weighted by atomic mass is 19.1. The van der Waals surface area contributed by atoms with Gasteiger partial charge in [0.2, 0.25) is 5.91 Å². The molecule has 1 aromatic rings. The molecular formula is C14H16FNO4. The summed E-state index contributed by atoms with van der Waals surface area (Å²) < 4.78 is 18.3. The van der Waals surface area contributed by atoms with Crippen LogP contribution in [0.3, 0.4) is 0 Å². The summed E-state index contributed by atoms with van der Waals surface area (Å²) in [6.45, 7) is 2.17. The van der Waals surface area contributed by atoms with E-state index in [1.807, 2.05) is 0 Å². The van der Waals surface area contributed by atoms with E-state index in [-0.39, 0.29) is 19.1 Å². The minimum Gasteiger partial charge on any atom is -0.480 e. The van der Waals surface area contributed by atoms with Crippen LogP contribution in [0.5, 0.6) is 0 Å². The summed E-state index contributed by atoms with van der Waals surface area (Å²) in [5, 5.41) is 9.12. The lowest BCUT2D eigenvalue weighted by Crippen LogP contribution is -2.53. The molecule has 0 aliphatic carbocycles. The third-order valence-electron chi connectivity index (χ3n) is 3.42. The lowest BCUT2D eigenvalue weighted by molar-refractivity contribution is -0.158. The van der Waals surface area contributed by atoms with Gasteiger partial charge in [-0.1, -0.05) is 12.1 Å². The fourth-order valence-electron chi connectivity index (χ4n) is 2.24. The van der Waals surface area contributed by atoms with Crippen LogP contribution in [-0.2, 0) is 14.3 Å². The van der Waals surface area contributed by atoms with Crippen LogP contribution < -0.4 is 0 Å². The van der Waals surface area contributed by atoms with Crippen LogP contribution in [0.2, 0.25) is 0 Å². The van der Waals surface area contributed by atoms with E-state index in [0.717, 1.165) is 0 Å². The molecule has 0 radical (unpaired) electrons. The SMILES string of the molecule is C[C@H](C(=O)N1CCOC[C@@H]1C(=O)O)c1cccc(F)c1. The van der Waals surface area contributed by atoms with Crippen molar-refractivity contribution >= 4 is 11.9 Å². The van der Waals surface area contributed by atoms with Gasteiger partial charge in [-0.3, -0.25) is 4.79 Å². The molecule has 20 heavy (non-hydrogen) atoms. The van der Waals surface area contributed by atoms with Crippen molar-refractivity contribution in [2.45, 2.75) is 18.9 Å². The normalized spacial score (nSPS) is 20.5. The molecule has 0 bridgehead atoms. The average molecular weight is 281 g/mol. The molecule has 0 saturated carbocycles. The Labute approximate surface area is 116 Å². The van der Waals surface area contributed by atoms with Gasteiger partial charge in [0.25, 0.3) is 0 Å². The Morgan fingerprint density at radius 1 is 1.50 bits per heavy atom. The van der Waals surface area contributed by atoms with Gasteiger partial charge in [0.15, 0.2) is 6.04 Å². The molecule has 2 atom stereocenters. The maximum absolute atomic E-state index is 13.2. The minimum absolute atomic E-state index is 0.0169. The van der Waals surface area contributed by atoms with Gasteiger partial charge in [-0.05, 0) is 24.6 Å². The summed E-state index contributed by atoms with van der Waals surface area (Å²) in [5.74, 6) is -2.43. The number of aliphatic carboxylic acids is 1. The molecule has 0 unspecified atom stereocenters. The number of nitrogens with zero attached hydrogens (tertiary/aromatic N) is 1. The Morgan fingerprint density at radius 2 is 2.25 bits per heavy atom. The topological polar surface area (TPSA) is 66.8 Å². The van der Waals surface area contributed by atoms with E-state index in [0.29, 0.717) is 12.2 Å². The monoisotopic (exact) mass is 281 g/mol. The Bertz CT molecular complexity index is 520. The lowest BCUT2D eigenvalue weighted by atomic mass is 9.98. The van der Waals surface area contributed by atoms with Gasteiger partial charge < -0.3 is 14.7 Å². The van der Waals surface area contributed by atoms with Crippen LogP contribution in [0.1, 0.15) is 18.4 Å². The molecular weight excluding hydrogens is 265 g/mol. The zero-order valence-corrected chi connectivity index (χ0v) is 11.1. The first kappa shape index (κ1) is 14.5. The molecule has 1 N–H and O–H groups in total. The first-order valence-corrected chi connectivity index (χ1v) is 6.37. The van der Waals surface area contributed by atoms with E-state index in [2.05, 4.69) is 0 Å². The third-order valence-corrected chi connectivity index (χ3v) is 3.42. The van der Waals surface area contributed by atoms with E-state index >= 15 is 0 Å². The second-order valence-electron chi connectivity index (χ2n) is 4.74. The number of hydrogen-bond donors (Lipinski definition) is 1. The largest absolute Gasteiger partial charge is 0.480 e. The average Bonchev–Trinajstić information content (AvgIpc) is 2.45. The van der Waals surface area contributed by atoms with E-state index in [4.69, 9.17) is 9.84 Å². The Balaban J connectivity index is 2.18. The number of benzene rings is 1. The summed E-state index contributed by atoms with van der Waals surface area (Å²) in [4.78, 5) is 24.9. The smallest absolute Gasteiger partial charge is 0.328 e. The van der Waals surface area contributed by atoms with E-state index < -0.39 is 23.7 Å². The number of amides is 1. The van der Waals surface area contributed by atoms with Crippen molar-refractivity contribution < 1.29 is 23.8 Å². The number of morpholine rings is 1. The molecule has 0 spiro atoms. The molecule has 2 rings (SSSR count). The number of carboxylic acids is 1. The number of rotatable bonds is 3. The minimum atomic E-state index is -1.09. The molecule has 1 aliphatic heterocycles. The quantitative estimate of drug-likeness (QED) is 0.905. The highest BCUT2D eigenvalue weighted by Crippen LogP contribution is 2.21. The van der Waals surface area contributed by atoms with Crippen molar-refractivity contribution in [3.8, 4) is 0 Å². The van der Waals surface area contributed by atoms with Gasteiger partial charge in [-0.2, -0.15) is 0 Å². The summed E-state index contributed by atoms with van der Waals surface area (Å²) in [7, 11) is 0. The van der Waals surface area contributed by atoms with Crippen LogP contribution in [0.15, 0.2) is 24.3 Å². The second kappa shape index (κ2) is 6.00. The Morgan fingerprint density at radius 3 is 2.90 bits per heavy atom. The molecule has 5 nitrogen and oxygen atoms in total. The van der Waals surface area contributed by atoms with Crippen molar-refractivity contribution in [3.05, 3.63) is 35.6 Å². The van der Waals surface area contributed by atoms with Crippen molar-refractivity contribution in [1.82, 2.24) is 4.90 Å². The molecule has 1 aliphatic rings. The summed E-state index contributed by atoms with van der Waals surface area (Å²) >= 11 is 0. The van der Waals surface area contributed by atoms with Crippen LogP contribution in [0, 0.1) is 5.82 Å². The number of carboxylic acid groups (broad SMARTS) is 1. The Kier molecular flexibility index (Phi) is 4.34. The fraction of sp³-hybridized carbons (Fsp3) is 0.429. The third kappa shape index (κ3) is 2.96. The predicted octanol–water partition coefficient (Wildman–Crippen LogP) is 1.24. The lowest BCUT2D eigenvalue weighted by Gasteiger charge is -2.34.